The number of carbonyl (C=O) groups is 1. The van der Waals surface area contributed by atoms with Crippen molar-refractivity contribution in [3.8, 4) is 0 Å². The number of anilines is 1. The van der Waals surface area contributed by atoms with Crippen LogP contribution in [-0.4, -0.2) is 36.4 Å². The maximum Gasteiger partial charge on any atom is 0.234 e. The van der Waals surface area contributed by atoms with Gasteiger partial charge in [-0.05, 0) is 50.6 Å². The molecule has 1 N–H and O–H groups in total. The van der Waals surface area contributed by atoms with Crippen molar-refractivity contribution in [3.05, 3.63) is 64.2 Å². The van der Waals surface area contributed by atoms with Crippen LogP contribution in [0.2, 0.25) is 0 Å². The molecule has 2 heterocycles. The average molecular weight is 519 g/mol. The van der Waals surface area contributed by atoms with Crippen LogP contribution in [0.1, 0.15) is 22.8 Å². The van der Waals surface area contributed by atoms with Crippen molar-refractivity contribution in [3.63, 3.8) is 0 Å². The summed E-state index contributed by atoms with van der Waals surface area (Å²) in [7, 11) is 0. The second kappa shape index (κ2) is 10.9. The lowest BCUT2D eigenvalue weighted by atomic mass is 10.2. The number of carbonyl (C=O) groups excluding carboxylic acids is 1. The van der Waals surface area contributed by atoms with Gasteiger partial charge in [-0.1, -0.05) is 45.5 Å². The van der Waals surface area contributed by atoms with Crippen LogP contribution < -0.4 is 5.32 Å². The van der Waals surface area contributed by atoms with Crippen LogP contribution >= 0.6 is 39.5 Å². The summed E-state index contributed by atoms with van der Waals surface area (Å²) in [4.78, 5) is 21.3. The maximum atomic E-state index is 12.4. The first kappa shape index (κ1) is 23.5. The molecule has 10 heteroatoms. The van der Waals surface area contributed by atoms with E-state index in [1.54, 1.807) is 6.08 Å². The van der Waals surface area contributed by atoms with E-state index in [0.29, 0.717) is 22.6 Å². The van der Waals surface area contributed by atoms with Gasteiger partial charge in [0.25, 0.3) is 0 Å². The standard InChI is InChI=1S/C21H23BrN6OS2/c1-5-8-28-18(11-30-20-23-14(3)10-15(4)24-20)26-27-21(28)31-12-19(29)25-17-7-6-16(22)9-13(17)2/h5-7,9-10H,1,8,11-12H2,2-4H3,(H,25,29). The fraction of sp³-hybridized carbons (Fsp3) is 0.286. The number of amides is 1. The van der Waals surface area contributed by atoms with Crippen LogP contribution in [0.15, 0.2) is 51.7 Å². The molecule has 3 aromatic rings. The number of aryl methyl sites for hydroxylation is 3. The summed E-state index contributed by atoms with van der Waals surface area (Å²) in [5, 5.41) is 12.9. The molecule has 1 amide bonds. The molecule has 2 aromatic heterocycles. The van der Waals surface area contributed by atoms with E-state index < -0.39 is 0 Å². The van der Waals surface area contributed by atoms with Gasteiger partial charge >= 0.3 is 0 Å². The fourth-order valence-corrected chi connectivity index (χ4v) is 4.95. The first-order valence-electron chi connectivity index (χ1n) is 9.52. The molecule has 0 aliphatic rings. The van der Waals surface area contributed by atoms with Gasteiger partial charge in [-0.3, -0.25) is 4.79 Å². The number of hydrogen-bond donors (Lipinski definition) is 1. The van der Waals surface area contributed by atoms with Gasteiger partial charge in [0.1, 0.15) is 5.82 Å². The largest absolute Gasteiger partial charge is 0.325 e. The molecule has 1 aromatic carbocycles. The minimum absolute atomic E-state index is 0.0943. The number of hydrogen-bond acceptors (Lipinski definition) is 7. The lowest BCUT2D eigenvalue weighted by Crippen LogP contribution is -2.15. The van der Waals surface area contributed by atoms with Gasteiger partial charge in [-0.25, -0.2) is 9.97 Å². The van der Waals surface area contributed by atoms with Crippen molar-refractivity contribution in [1.29, 1.82) is 0 Å². The highest BCUT2D eigenvalue weighted by Crippen LogP contribution is 2.24. The van der Waals surface area contributed by atoms with Crippen molar-refractivity contribution >= 4 is 51.0 Å². The number of allylic oxidation sites excluding steroid dienone is 1. The Balaban J connectivity index is 1.64. The van der Waals surface area contributed by atoms with Crippen LogP contribution in [0, 0.1) is 20.8 Å². The number of nitrogens with one attached hydrogen (secondary N) is 1. The first-order chi connectivity index (χ1) is 14.9. The topological polar surface area (TPSA) is 85.6 Å². The zero-order chi connectivity index (χ0) is 22.4. The molecular formula is C21H23BrN6OS2. The summed E-state index contributed by atoms with van der Waals surface area (Å²) in [5.41, 5.74) is 3.67. The minimum Gasteiger partial charge on any atom is -0.325 e. The molecular weight excluding hydrogens is 496 g/mol. The number of thioether (sulfide) groups is 2. The second-order valence-corrected chi connectivity index (χ2v) is 9.62. The van der Waals surface area contributed by atoms with E-state index in [9.17, 15) is 4.79 Å². The van der Waals surface area contributed by atoms with E-state index >= 15 is 0 Å². The van der Waals surface area contributed by atoms with Crippen molar-refractivity contribution in [2.75, 3.05) is 11.1 Å². The summed E-state index contributed by atoms with van der Waals surface area (Å²) in [6.45, 7) is 10.3. The summed E-state index contributed by atoms with van der Waals surface area (Å²) in [5.74, 6) is 1.51. The first-order valence-corrected chi connectivity index (χ1v) is 12.3. The van der Waals surface area contributed by atoms with Gasteiger partial charge < -0.3 is 9.88 Å². The molecule has 0 fully saturated rings. The summed E-state index contributed by atoms with van der Waals surface area (Å²) < 4.78 is 2.94. The lowest BCUT2D eigenvalue weighted by Gasteiger charge is -2.10. The van der Waals surface area contributed by atoms with E-state index in [1.807, 2.05) is 49.6 Å². The third-order valence-corrected chi connectivity index (χ3v) is 6.50. The SMILES string of the molecule is C=CCn1c(CSc2nc(C)cc(C)n2)nnc1SCC(=O)Nc1ccc(Br)cc1C. The lowest BCUT2D eigenvalue weighted by molar-refractivity contribution is -0.113. The normalized spacial score (nSPS) is 10.8. The van der Waals surface area contributed by atoms with E-state index in [4.69, 9.17) is 0 Å². The Morgan fingerprint density at radius 3 is 2.58 bits per heavy atom. The number of benzene rings is 1. The highest BCUT2D eigenvalue weighted by Gasteiger charge is 2.15. The maximum absolute atomic E-state index is 12.4. The molecule has 0 atom stereocenters. The number of rotatable bonds is 9. The molecule has 0 saturated carbocycles. The molecule has 0 radical (unpaired) electrons. The molecule has 3 rings (SSSR count). The molecule has 162 valence electrons. The van der Waals surface area contributed by atoms with E-state index in [1.165, 1.54) is 23.5 Å². The molecule has 0 bridgehead atoms. The highest BCUT2D eigenvalue weighted by molar-refractivity contribution is 9.10. The third-order valence-electron chi connectivity index (χ3n) is 4.19. The number of nitrogens with zero attached hydrogens (tertiary/aromatic N) is 5. The zero-order valence-electron chi connectivity index (χ0n) is 17.6. The fourth-order valence-electron chi connectivity index (χ4n) is 2.82. The van der Waals surface area contributed by atoms with Gasteiger partial charge in [0, 0.05) is 28.1 Å². The Morgan fingerprint density at radius 1 is 1.16 bits per heavy atom. The van der Waals surface area contributed by atoms with Crippen molar-refractivity contribution in [1.82, 2.24) is 24.7 Å². The summed E-state index contributed by atoms with van der Waals surface area (Å²) >= 11 is 6.29. The smallest absolute Gasteiger partial charge is 0.234 e. The Hall–Kier alpha value is -2.17. The van der Waals surface area contributed by atoms with Crippen molar-refractivity contribution < 1.29 is 4.79 Å². The molecule has 0 unspecified atom stereocenters. The van der Waals surface area contributed by atoms with Gasteiger partial charge in [-0.2, -0.15) is 0 Å². The van der Waals surface area contributed by atoms with Crippen LogP contribution in [0.25, 0.3) is 0 Å². The molecule has 0 spiro atoms. The predicted molar refractivity (Wildman–Crippen MR) is 130 cm³/mol. The monoisotopic (exact) mass is 518 g/mol. The number of aromatic nitrogens is 5. The quantitative estimate of drug-likeness (QED) is 0.243. The van der Waals surface area contributed by atoms with Crippen LogP contribution in [0.4, 0.5) is 5.69 Å². The van der Waals surface area contributed by atoms with Crippen LogP contribution in [-0.2, 0) is 17.1 Å². The zero-order valence-corrected chi connectivity index (χ0v) is 20.8. The van der Waals surface area contributed by atoms with Crippen LogP contribution in [0.3, 0.4) is 0 Å². The summed E-state index contributed by atoms with van der Waals surface area (Å²) in [6, 6.07) is 7.69. The molecule has 0 saturated heterocycles. The average Bonchev–Trinajstić information content (AvgIpc) is 3.08. The van der Waals surface area contributed by atoms with E-state index in [-0.39, 0.29) is 11.7 Å². The van der Waals surface area contributed by atoms with Gasteiger partial charge in [0.2, 0.25) is 5.91 Å². The van der Waals surface area contributed by atoms with Gasteiger partial charge in [-0.15, -0.1) is 16.8 Å². The van der Waals surface area contributed by atoms with Crippen molar-refractivity contribution in [2.24, 2.45) is 0 Å². The predicted octanol–water partition coefficient (Wildman–Crippen LogP) is 4.96. The number of halogens is 1. The Bertz CT molecular complexity index is 1080. The molecule has 31 heavy (non-hydrogen) atoms. The van der Waals surface area contributed by atoms with E-state index in [2.05, 4.69) is 48.0 Å². The Labute approximate surface area is 198 Å². The van der Waals surface area contributed by atoms with Crippen molar-refractivity contribution in [2.45, 2.75) is 43.4 Å². The minimum atomic E-state index is -0.0943. The van der Waals surface area contributed by atoms with Gasteiger partial charge in [0.15, 0.2) is 10.3 Å². The van der Waals surface area contributed by atoms with E-state index in [0.717, 1.165) is 32.9 Å². The Kier molecular flexibility index (Phi) is 8.28. The van der Waals surface area contributed by atoms with Gasteiger partial charge in [0.05, 0.1) is 11.5 Å². The van der Waals surface area contributed by atoms with Crippen LogP contribution in [0.5, 0.6) is 0 Å². The second-order valence-electron chi connectivity index (χ2n) is 6.82. The highest BCUT2D eigenvalue weighted by atomic mass is 79.9. The molecule has 0 aliphatic carbocycles. The third kappa shape index (κ3) is 6.65. The molecule has 0 aliphatic heterocycles. The molecule has 7 nitrogen and oxygen atoms in total. The summed E-state index contributed by atoms with van der Waals surface area (Å²) in [6.07, 6.45) is 1.79. The Morgan fingerprint density at radius 2 is 1.90 bits per heavy atom.